The summed E-state index contributed by atoms with van der Waals surface area (Å²) in [5.74, 6) is 0.549. The predicted octanol–water partition coefficient (Wildman–Crippen LogP) is 4.58. The maximum Gasteiger partial charge on any atom is 0.155 e. The van der Waals surface area contributed by atoms with Crippen molar-refractivity contribution in [2.45, 2.75) is 0 Å². The molecule has 116 valence electrons. The number of hydrogen-bond acceptors (Lipinski definition) is 4. The zero-order valence-corrected chi connectivity index (χ0v) is 12.8. The molecule has 0 fully saturated rings. The van der Waals surface area contributed by atoms with Gasteiger partial charge in [0.15, 0.2) is 5.76 Å². The van der Waals surface area contributed by atoms with Crippen LogP contribution in [0.5, 0.6) is 0 Å². The van der Waals surface area contributed by atoms with E-state index in [4.69, 9.17) is 4.42 Å². The number of aromatic nitrogens is 1. The number of benzene rings is 2. The number of rotatable bonds is 2. The molecule has 4 rings (SSSR count). The van der Waals surface area contributed by atoms with Gasteiger partial charge in [-0.1, -0.05) is 48.1 Å². The van der Waals surface area contributed by atoms with Crippen molar-refractivity contribution in [3.05, 3.63) is 78.3 Å². The predicted molar refractivity (Wildman–Crippen MR) is 94.4 cm³/mol. The number of fused-ring (bicyclic) bond motifs is 2. The Hall–Kier alpha value is -3.40. The van der Waals surface area contributed by atoms with Crippen LogP contribution in [0.15, 0.2) is 76.9 Å². The molecule has 2 heterocycles. The Morgan fingerprint density at radius 1 is 1.04 bits per heavy atom. The SMILES string of the molecule is C=Cc1ccc2oc(-c3cc4ccccc4cn3)cc(=NO)c2c1. The highest BCUT2D eigenvalue weighted by Gasteiger charge is 2.08. The maximum atomic E-state index is 9.38. The van der Waals surface area contributed by atoms with E-state index in [1.807, 2.05) is 48.5 Å². The minimum Gasteiger partial charge on any atom is -0.454 e. The Balaban J connectivity index is 1.97. The lowest BCUT2D eigenvalue weighted by molar-refractivity contribution is 0.302. The fourth-order valence-electron chi connectivity index (χ4n) is 2.74. The zero-order valence-electron chi connectivity index (χ0n) is 12.8. The first-order valence-corrected chi connectivity index (χ1v) is 7.52. The van der Waals surface area contributed by atoms with Crippen molar-refractivity contribution < 1.29 is 9.62 Å². The third kappa shape index (κ3) is 2.34. The molecule has 4 heteroatoms. The molecule has 0 aliphatic rings. The summed E-state index contributed by atoms with van der Waals surface area (Å²) in [6.07, 6.45) is 3.54. The first-order valence-electron chi connectivity index (χ1n) is 7.52. The minimum absolute atomic E-state index is 0.435. The van der Waals surface area contributed by atoms with Crippen LogP contribution < -0.4 is 5.36 Å². The van der Waals surface area contributed by atoms with E-state index in [2.05, 4.69) is 16.7 Å². The molecular weight excluding hydrogens is 300 g/mol. The van der Waals surface area contributed by atoms with Gasteiger partial charge in [-0.15, -0.1) is 0 Å². The van der Waals surface area contributed by atoms with Gasteiger partial charge in [0.25, 0.3) is 0 Å². The van der Waals surface area contributed by atoms with Crippen LogP contribution in [-0.2, 0) is 0 Å². The fourth-order valence-corrected chi connectivity index (χ4v) is 2.74. The van der Waals surface area contributed by atoms with Crippen LogP contribution in [0.2, 0.25) is 0 Å². The lowest BCUT2D eigenvalue weighted by atomic mass is 10.1. The van der Waals surface area contributed by atoms with E-state index in [-0.39, 0.29) is 0 Å². The van der Waals surface area contributed by atoms with Crippen LogP contribution in [-0.4, -0.2) is 10.2 Å². The molecule has 0 aliphatic carbocycles. The highest BCUT2D eigenvalue weighted by atomic mass is 16.4. The summed E-state index contributed by atoms with van der Waals surface area (Å²) in [6, 6.07) is 17.2. The molecular formula is C20H14N2O2. The van der Waals surface area contributed by atoms with Crippen molar-refractivity contribution >= 4 is 27.8 Å². The lowest BCUT2D eigenvalue weighted by Gasteiger charge is -2.06. The average molecular weight is 314 g/mol. The topological polar surface area (TPSA) is 58.6 Å². The standard InChI is InChI=1S/C20H14N2O2/c1-2-13-7-8-19-16(9-13)17(22-23)11-20(24-19)18-10-14-5-3-4-6-15(14)12-21-18/h2-12,23H,1H2. The molecule has 24 heavy (non-hydrogen) atoms. The third-order valence-corrected chi connectivity index (χ3v) is 3.99. The average Bonchev–Trinajstić information content (AvgIpc) is 2.66. The van der Waals surface area contributed by atoms with E-state index < -0.39 is 0 Å². The van der Waals surface area contributed by atoms with Gasteiger partial charge in [-0.05, 0) is 29.1 Å². The first-order chi connectivity index (χ1) is 11.8. The molecule has 0 amide bonds. The van der Waals surface area contributed by atoms with E-state index >= 15 is 0 Å². The molecule has 0 radical (unpaired) electrons. The number of hydrogen-bond donors (Lipinski definition) is 1. The molecule has 4 nitrogen and oxygen atoms in total. The molecule has 0 saturated carbocycles. The summed E-state index contributed by atoms with van der Waals surface area (Å²) in [5.41, 5.74) is 2.24. The molecule has 2 aromatic carbocycles. The van der Waals surface area contributed by atoms with Crippen LogP contribution in [0.1, 0.15) is 5.56 Å². The van der Waals surface area contributed by atoms with Crippen LogP contribution >= 0.6 is 0 Å². The van der Waals surface area contributed by atoms with Crippen LogP contribution in [0.3, 0.4) is 0 Å². The molecule has 4 aromatic rings. The Bertz CT molecular complexity index is 1140. The summed E-state index contributed by atoms with van der Waals surface area (Å²) in [7, 11) is 0. The maximum absolute atomic E-state index is 9.38. The lowest BCUT2D eigenvalue weighted by Crippen LogP contribution is -2.04. The van der Waals surface area contributed by atoms with Gasteiger partial charge in [0.2, 0.25) is 0 Å². The Morgan fingerprint density at radius 3 is 2.67 bits per heavy atom. The van der Waals surface area contributed by atoms with Crippen LogP contribution in [0, 0.1) is 0 Å². The van der Waals surface area contributed by atoms with E-state index in [1.165, 1.54) is 0 Å². The van der Waals surface area contributed by atoms with Crippen molar-refractivity contribution in [3.8, 4) is 11.5 Å². The second-order valence-electron chi connectivity index (χ2n) is 5.47. The summed E-state index contributed by atoms with van der Waals surface area (Å²) < 4.78 is 5.97. The van der Waals surface area contributed by atoms with Crippen LogP contribution in [0.25, 0.3) is 39.3 Å². The van der Waals surface area contributed by atoms with Gasteiger partial charge in [0, 0.05) is 23.0 Å². The summed E-state index contributed by atoms with van der Waals surface area (Å²) in [5, 5.41) is 16.1. The largest absolute Gasteiger partial charge is 0.454 e. The van der Waals surface area contributed by atoms with E-state index in [9.17, 15) is 5.21 Å². The van der Waals surface area contributed by atoms with Crippen molar-refractivity contribution in [2.75, 3.05) is 0 Å². The summed E-state index contributed by atoms with van der Waals surface area (Å²) >= 11 is 0. The summed E-state index contributed by atoms with van der Waals surface area (Å²) in [4.78, 5) is 4.46. The van der Waals surface area contributed by atoms with E-state index in [1.54, 1.807) is 18.3 Å². The smallest absolute Gasteiger partial charge is 0.155 e. The van der Waals surface area contributed by atoms with Gasteiger partial charge in [0.05, 0.1) is 0 Å². The third-order valence-electron chi connectivity index (χ3n) is 3.99. The van der Waals surface area contributed by atoms with Crippen molar-refractivity contribution in [1.29, 1.82) is 0 Å². The summed E-state index contributed by atoms with van der Waals surface area (Å²) in [6.45, 7) is 3.75. The molecule has 2 aromatic heterocycles. The van der Waals surface area contributed by atoms with Crippen molar-refractivity contribution in [2.24, 2.45) is 5.16 Å². The van der Waals surface area contributed by atoms with Crippen LogP contribution in [0.4, 0.5) is 0 Å². The molecule has 0 saturated heterocycles. The number of nitrogens with zero attached hydrogens (tertiary/aromatic N) is 2. The van der Waals surface area contributed by atoms with E-state index in [0.717, 1.165) is 21.7 Å². The van der Waals surface area contributed by atoms with E-state index in [0.29, 0.717) is 22.4 Å². The van der Waals surface area contributed by atoms with Gasteiger partial charge in [-0.25, -0.2) is 0 Å². The van der Waals surface area contributed by atoms with Gasteiger partial charge in [-0.2, -0.15) is 0 Å². The highest BCUT2D eigenvalue weighted by molar-refractivity contribution is 5.85. The molecule has 0 atom stereocenters. The quantitative estimate of drug-likeness (QED) is 0.435. The van der Waals surface area contributed by atoms with Crippen molar-refractivity contribution in [3.63, 3.8) is 0 Å². The Kier molecular flexibility index (Phi) is 3.35. The highest BCUT2D eigenvalue weighted by Crippen LogP contribution is 2.24. The second kappa shape index (κ2) is 5.66. The van der Waals surface area contributed by atoms with Gasteiger partial charge >= 0.3 is 0 Å². The van der Waals surface area contributed by atoms with Crippen molar-refractivity contribution in [1.82, 2.24) is 4.98 Å². The Morgan fingerprint density at radius 2 is 1.88 bits per heavy atom. The second-order valence-corrected chi connectivity index (χ2v) is 5.47. The molecule has 0 unspecified atom stereocenters. The number of pyridine rings is 1. The fraction of sp³-hybridized carbons (Fsp3) is 0. The van der Waals surface area contributed by atoms with Gasteiger partial charge < -0.3 is 9.62 Å². The van der Waals surface area contributed by atoms with Gasteiger partial charge in [0.1, 0.15) is 16.6 Å². The van der Waals surface area contributed by atoms with Gasteiger partial charge in [-0.3, -0.25) is 4.98 Å². The monoisotopic (exact) mass is 314 g/mol. The first kappa shape index (κ1) is 14.2. The molecule has 1 N–H and O–H groups in total. The normalized spacial score (nSPS) is 11.9. The molecule has 0 aliphatic heterocycles. The minimum atomic E-state index is 0.435. The Labute approximate surface area is 138 Å². The molecule has 0 bridgehead atoms. The zero-order chi connectivity index (χ0) is 16.5. The molecule has 0 spiro atoms.